The minimum absolute atomic E-state index is 0.0349. The summed E-state index contributed by atoms with van der Waals surface area (Å²) >= 11 is 1.68. The second kappa shape index (κ2) is 7.04. The number of rotatable bonds is 5. The van der Waals surface area contributed by atoms with E-state index in [0.29, 0.717) is 12.3 Å². The third-order valence-corrected chi connectivity index (χ3v) is 4.90. The highest BCUT2D eigenvalue weighted by atomic mass is 32.1. The van der Waals surface area contributed by atoms with Gasteiger partial charge in [-0.1, -0.05) is 26.2 Å². The number of aromatic nitrogens is 1. The van der Waals surface area contributed by atoms with Crippen LogP contribution in [0.5, 0.6) is 0 Å². The first-order valence-corrected chi connectivity index (χ1v) is 8.30. The van der Waals surface area contributed by atoms with Crippen LogP contribution in [0, 0.1) is 5.92 Å². The molecule has 0 saturated heterocycles. The van der Waals surface area contributed by atoms with E-state index in [-0.39, 0.29) is 11.9 Å². The van der Waals surface area contributed by atoms with Gasteiger partial charge in [0.15, 0.2) is 0 Å². The summed E-state index contributed by atoms with van der Waals surface area (Å²) in [5, 5.41) is 6.29. The van der Waals surface area contributed by atoms with E-state index in [4.69, 9.17) is 0 Å². The molecule has 1 heterocycles. The molecule has 1 aromatic heterocycles. The molecule has 19 heavy (non-hydrogen) atoms. The van der Waals surface area contributed by atoms with Gasteiger partial charge in [-0.2, -0.15) is 0 Å². The van der Waals surface area contributed by atoms with Crippen molar-refractivity contribution in [1.82, 2.24) is 10.3 Å². The summed E-state index contributed by atoms with van der Waals surface area (Å²) in [6, 6.07) is 0.0349. The van der Waals surface area contributed by atoms with Gasteiger partial charge in [0.25, 0.3) is 0 Å². The van der Waals surface area contributed by atoms with E-state index < -0.39 is 0 Å². The predicted molar refractivity (Wildman–Crippen MR) is 79.2 cm³/mol. The van der Waals surface area contributed by atoms with Crippen LogP contribution < -0.4 is 5.32 Å². The van der Waals surface area contributed by atoms with Gasteiger partial charge in [0.05, 0.1) is 16.7 Å². The fourth-order valence-electron chi connectivity index (χ4n) is 2.71. The number of amides is 1. The first-order valence-electron chi connectivity index (χ1n) is 7.42. The maximum atomic E-state index is 12.0. The van der Waals surface area contributed by atoms with Gasteiger partial charge in [-0.3, -0.25) is 4.79 Å². The van der Waals surface area contributed by atoms with Gasteiger partial charge in [0.1, 0.15) is 0 Å². The number of nitrogens with zero attached hydrogens (tertiary/aromatic N) is 1. The average molecular weight is 280 g/mol. The first kappa shape index (κ1) is 14.5. The Morgan fingerprint density at radius 1 is 1.47 bits per heavy atom. The van der Waals surface area contributed by atoms with Crippen molar-refractivity contribution in [3.8, 4) is 0 Å². The summed E-state index contributed by atoms with van der Waals surface area (Å²) in [5.74, 6) is 0.785. The molecule has 1 N–H and O–H groups in total. The monoisotopic (exact) mass is 280 g/mol. The minimum Gasteiger partial charge on any atom is -0.348 e. The molecule has 0 spiro atoms. The Morgan fingerprint density at radius 3 is 2.84 bits per heavy atom. The highest BCUT2D eigenvalue weighted by molar-refractivity contribution is 7.09. The van der Waals surface area contributed by atoms with Gasteiger partial charge in [0, 0.05) is 11.8 Å². The summed E-state index contributed by atoms with van der Waals surface area (Å²) in [5.41, 5.74) is 0.999. The van der Waals surface area contributed by atoms with Gasteiger partial charge in [-0.25, -0.2) is 4.98 Å². The molecule has 3 nitrogen and oxygen atoms in total. The number of carbonyl (C=O) groups is 1. The van der Waals surface area contributed by atoms with Gasteiger partial charge in [0.2, 0.25) is 5.91 Å². The van der Waals surface area contributed by atoms with Crippen molar-refractivity contribution in [3.63, 3.8) is 0 Å². The van der Waals surface area contributed by atoms with Crippen molar-refractivity contribution < 1.29 is 4.79 Å². The molecule has 1 saturated carbocycles. The molecule has 1 aliphatic rings. The summed E-state index contributed by atoms with van der Waals surface area (Å²) < 4.78 is 0. The number of thiazole rings is 1. The van der Waals surface area contributed by atoms with Crippen LogP contribution in [0.15, 0.2) is 5.38 Å². The molecular weight excluding hydrogens is 256 g/mol. The van der Waals surface area contributed by atoms with Crippen LogP contribution in [0.4, 0.5) is 0 Å². The van der Waals surface area contributed by atoms with Gasteiger partial charge < -0.3 is 5.32 Å². The van der Waals surface area contributed by atoms with Crippen LogP contribution >= 0.6 is 11.3 Å². The molecule has 0 radical (unpaired) electrons. The average Bonchev–Trinajstić information content (AvgIpc) is 2.88. The van der Waals surface area contributed by atoms with Gasteiger partial charge >= 0.3 is 0 Å². The van der Waals surface area contributed by atoms with Crippen molar-refractivity contribution >= 4 is 17.2 Å². The van der Waals surface area contributed by atoms with Crippen LogP contribution in [0.1, 0.15) is 69.1 Å². The molecule has 2 rings (SSSR count). The van der Waals surface area contributed by atoms with Crippen molar-refractivity contribution in [3.05, 3.63) is 16.1 Å². The smallest absolute Gasteiger partial charge is 0.220 e. The molecule has 0 aliphatic heterocycles. The van der Waals surface area contributed by atoms with Gasteiger partial charge in [-0.05, 0) is 32.1 Å². The van der Waals surface area contributed by atoms with Crippen LogP contribution in [0.2, 0.25) is 0 Å². The highest BCUT2D eigenvalue weighted by Crippen LogP contribution is 2.26. The number of hydrogen-bond acceptors (Lipinski definition) is 3. The van der Waals surface area contributed by atoms with Crippen molar-refractivity contribution in [2.24, 2.45) is 5.92 Å². The Kier molecular flexibility index (Phi) is 5.37. The largest absolute Gasteiger partial charge is 0.348 e. The van der Waals surface area contributed by atoms with E-state index in [1.165, 1.54) is 32.1 Å². The molecule has 0 bridgehead atoms. The molecule has 0 aromatic carbocycles. The number of hydrogen-bond donors (Lipinski definition) is 1. The lowest BCUT2D eigenvalue weighted by atomic mass is 9.87. The Hall–Kier alpha value is -0.900. The third kappa shape index (κ3) is 4.30. The zero-order valence-corrected chi connectivity index (χ0v) is 12.8. The zero-order valence-electron chi connectivity index (χ0n) is 11.9. The molecule has 4 heteroatoms. The molecule has 1 atom stereocenters. The number of carbonyl (C=O) groups excluding carboxylic acids is 1. The Bertz CT molecular complexity index is 410. The summed E-state index contributed by atoms with van der Waals surface area (Å²) in [4.78, 5) is 16.6. The highest BCUT2D eigenvalue weighted by Gasteiger charge is 2.19. The molecule has 1 fully saturated rings. The van der Waals surface area contributed by atoms with E-state index in [9.17, 15) is 4.79 Å². The van der Waals surface area contributed by atoms with E-state index in [1.54, 1.807) is 11.3 Å². The SMILES string of the molecule is CCc1nc(C(C)NC(=O)CC2CCCCC2)cs1. The van der Waals surface area contributed by atoms with Gasteiger partial charge in [-0.15, -0.1) is 11.3 Å². The van der Waals surface area contributed by atoms with E-state index in [0.717, 1.165) is 17.1 Å². The summed E-state index contributed by atoms with van der Waals surface area (Å²) in [7, 11) is 0. The van der Waals surface area contributed by atoms with Crippen LogP contribution in [0.3, 0.4) is 0 Å². The topological polar surface area (TPSA) is 42.0 Å². The van der Waals surface area contributed by atoms with E-state index in [1.807, 2.05) is 6.92 Å². The molecule has 1 amide bonds. The van der Waals surface area contributed by atoms with Crippen molar-refractivity contribution in [1.29, 1.82) is 0 Å². The van der Waals surface area contributed by atoms with E-state index in [2.05, 4.69) is 22.6 Å². The molecule has 1 aromatic rings. The fourth-order valence-corrected chi connectivity index (χ4v) is 3.55. The lowest BCUT2D eigenvalue weighted by molar-refractivity contribution is -0.122. The maximum Gasteiger partial charge on any atom is 0.220 e. The van der Waals surface area contributed by atoms with E-state index >= 15 is 0 Å². The Balaban J connectivity index is 1.80. The summed E-state index contributed by atoms with van der Waals surface area (Å²) in [6.45, 7) is 4.13. The third-order valence-electron chi connectivity index (χ3n) is 3.89. The maximum absolute atomic E-state index is 12.0. The zero-order chi connectivity index (χ0) is 13.7. The van der Waals surface area contributed by atoms with Crippen LogP contribution in [-0.4, -0.2) is 10.9 Å². The Morgan fingerprint density at radius 2 is 2.21 bits per heavy atom. The molecule has 1 unspecified atom stereocenters. The molecule has 1 aliphatic carbocycles. The van der Waals surface area contributed by atoms with Crippen LogP contribution in [0.25, 0.3) is 0 Å². The number of aryl methyl sites for hydroxylation is 1. The first-order chi connectivity index (χ1) is 9.19. The second-order valence-corrected chi connectivity index (χ2v) is 6.46. The Labute approximate surface area is 119 Å². The molecular formula is C15H24N2OS. The van der Waals surface area contributed by atoms with Crippen LogP contribution in [-0.2, 0) is 11.2 Å². The van der Waals surface area contributed by atoms with Crippen molar-refractivity contribution in [2.45, 2.75) is 64.8 Å². The molecule has 106 valence electrons. The quantitative estimate of drug-likeness (QED) is 0.890. The normalized spacial score (nSPS) is 18.2. The lowest BCUT2D eigenvalue weighted by Gasteiger charge is -2.21. The van der Waals surface area contributed by atoms with Crippen molar-refractivity contribution in [2.75, 3.05) is 0 Å². The number of nitrogens with one attached hydrogen (secondary N) is 1. The minimum atomic E-state index is 0.0349. The standard InChI is InChI=1S/C15H24N2OS/c1-3-15-17-13(10-19-15)11(2)16-14(18)9-12-7-5-4-6-8-12/h10-12H,3-9H2,1-2H3,(H,16,18). The summed E-state index contributed by atoms with van der Waals surface area (Å²) in [6.07, 6.45) is 8.02. The lowest BCUT2D eigenvalue weighted by Crippen LogP contribution is -2.29. The fraction of sp³-hybridized carbons (Fsp3) is 0.733. The predicted octanol–water partition coefficient (Wildman–Crippen LogP) is 3.85. The second-order valence-electron chi connectivity index (χ2n) is 5.52.